The topological polar surface area (TPSA) is 87.1 Å². The first-order chi connectivity index (χ1) is 13.2. The van der Waals surface area contributed by atoms with Crippen molar-refractivity contribution in [1.29, 1.82) is 0 Å². The van der Waals surface area contributed by atoms with E-state index in [2.05, 4.69) is 26.4 Å². The number of hydrogen-bond acceptors (Lipinski definition) is 5. The van der Waals surface area contributed by atoms with Crippen molar-refractivity contribution in [3.05, 3.63) is 36.9 Å². The van der Waals surface area contributed by atoms with Crippen LogP contribution in [0, 0.1) is 5.92 Å². The Morgan fingerprint density at radius 2 is 2.04 bits per heavy atom. The Morgan fingerprint density at radius 3 is 2.89 bits per heavy atom. The van der Waals surface area contributed by atoms with Gasteiger partial charge < -0.3 is 10.2 Å². The number of likely N-dealkylation sites (N-methyl/N-ethyl adjacent to an activating group) is 1. The van der Waals surface area contributed by atoms with E-state index in [9.17, 15) is 4.79 Å². The standard InChI is InChI=1S/C19H27N7O/c1-25(11-18-16-8-3-2-4-9-17(16)23-24-18)19(27)22-14-6-5-7-15(10-14)26-12-20-21-13-26/h5-7,10,12-13,16-18,23-24H,2-4,8-9,11H2,1H3,(H,22,27). The fourth-order valence-electron chi connectivity index (χ4n) is 4.17. The second-order valence-electron chi connectivity index (χ2n) is 7.53. The molecule has 1 saturated heterocycles. The number of amides is 2. The summed E-state index contributed by atoms with van der Waals surface area (Å²) in [6.07, 6.45) is 9.62. The second kappa shape index (κ2) is 8.06. The van der Waals surface area contributed by atoms with Gasteiger partial charge in [-0.3, -0.25) is 15.4 Å². The summed E-state index contributed by atoms with van der Waals surface area (Å²) in [5.74, 6) is 0.597. The zero-order valence-corrected chi connectivity index (χ0v) is 15.6. The van der Waals surface area contributed by atoms with Crippen LogP contribution in [0.25, 0.3) is 5.69 Å². The number of benzene rings is 1. The minimum atomic E-state index is -0.102. The number of nitrogens with zero attached hydrogens (tertiary/aromatic N) is 4. The van der Waals surface area contributed by atoms with Crippen molar-refractivity contribution >= 4 is 11.7 Å². The van der Waals surface area contributed by atoms with E-state index in [1.165, 1.54) is 32.1 Å². The summed E-state index contributed by atoms with van der Waals surface area (Å²) in [4.78, 5) is 14.4. The Hall–Kier alpha value is -2.45. The van der Waals surface area contributed by atoms with Gasteiger partial charge in [-0.25, -0.2) is 4.79 Å². The zero-order chi connectivity index (χ0) is 18.6. The zero-order valence-electron chi connectivity index (χ0n) is 15.6. The maximum Gasteiger partial charge on any atom is 0.321 e. The van der Waals surface area contributed by atoms with Gasteiger partial charge in [0, 0.05) is 31.4 Å². The van der Waals surface area contributed by atoms with E-state index in [1.807, 2.05) is 31.3 Å². The minimum absolute atomic E-state index is 0.102. The molecule has 2 fully saturated rings. The monoisotopic (exact) mass is 369 g/mol. The summed E-state index contributed by atoms with van der Waals surface area (Å²) in [5, 5.41) is 10.6. The number of hydrogen-bond donors (Lipinski definition) is 3. The van der Waals surface area contributed by atoms with Crippen LogP contribution in [-0.2, 0) is 0 Å². The molecule has 3 atom stereocenters. The number of carbonyl (C=O) groups is 1. The summed E-state index contributed by atoms with van der Waals surface area (Å²) in [6.45, 7) is 0.686. The predicted molar refractivity (Wildman–Crippen MR) is 103 cm³/mol. The lowest BCUT2D eigenvalue weighted by Crippen LogP contribution is -2.44. The first kappa shape index (κ1) is 17.9. The lowest BCUT2D eigenvalue weighted by Gasteiger charge is -2.26. The van der Waals surface area contributed by atoms with Crippen LogP contribution in [0.2, 0.25) is 0 Å². The number of carbonyl (C=O) groups excluding carboxylic acids is 1. The van der Waals surface area contributed by atoms with E-state index in [1.54, 1.807) is 22.1 Å². The number of urea groups is 1. The van der Waals surface area contributed by atoms with Crippen molar-refractivity contribution in [2.45, 2.75) is 44.2 Å². The third-order valence-corrected chi connectivity index (χ3v) is 5.67. The van der Waals surface area contributed by atoms with Crippen LogP contribution in [0.3, 0.4) is 0 Å². The molecule has 1 aromatic heterocycles. The van der Waals surface area contributed by atoms with Crippen LogP contribution in [0.4, 0.5) is 10.5 Å². The Kier molecular flexibility index (Phi) is 5.35. The molecular formula is C19H27N7O. The number of fused-ring (bicyclic) bond motifs is 1. The molecule has 1 aliphatic carbocycles. The van der Waals surface area contributed by atoms with Crippen LogP contribution < -0.4 is 16.2 Å². The highest BCUT2D eigenvalue weighted by atomic mass is 16.2. The molecule has 144 valence electrons. The number of nitrogens with one attached hydrogen (secondary N) is 3. The number of anilines is 1. The molecule has 1 saturated carbocycles. The molecule has 1 aliphatic heterocycles. The van der Waals surface area contributed by atoms with Crippen LogP contribution in [0.1, 0.15) is 32.1 Å². The van der Waals surface area contributed by atoms with Gasteiger partial charge in [0.15, 0.2) is 0 Å². The number of hydrazine groups is 1. The first-order valence-electron chi connectivity index (χ1n) is 9.69. The first-order valence-corrected chi connectivity index (χ1v) is 9.69. The fraction of sp³-hybridized carbons (Fsp3) is 0.526. The lowest BCUT2D eigenvalue weighted by molar-refractivity contribution is 0.212. The van der Waals surface area contributed by atoms with Crippen molar-refractivity contribution in [2.24, 2.45) is 5.92 Å². The summed E-state index contributed by atoms with van der Waals surface area (Å²) >= 11 is 0. The maximum absolute atomic E-state index is 12.7. The van der Waals surface area contributed by atoms with Gasteiger partial charge in [-0.15, -0.1) is 10.2 Å². The van der Waals surface area contributed by atoms with E-state index < -0.39 is 0 Å². The molecule has 3 N–H and O–H groups in total. The van der Waals surface area contributed by atoms with Crippen molar-refractivity contribution in [2.75, 3.05) is 18.9 Å². The van der Waals surface area contributed by atoms with E-state index in [0.717, 1.165) is 11.4 Å². The Labute approximate surface area is 159 Å². The van der Waals surface area contributed by atoms with Crippen molar-refractivity contribution in [3.63, 3.8) is 0 Å². The minimum Gasteiger partial charge on any atom is -0.326 e. The van der Waals surface area contributed by atoms with Crippen LogP contribution in [0.15, 0.2) is 36.9 Å². The summed E-state index contributed by atoms with van der Waals surface area (Å²) in [5.41, 5.74) is 8.52. The highest BCUT2D eigenvalue weighted by Gasteiger charge is 2.37. The van der Waals surface area contributed by atoms with E-state index in [-0.39, 0.29) is 6.03 Å². The summed E-state index contributed by atoms with van der Waals surface area (Å²) in [7, 11) is 1.85. The molecule has 1 aromatic carbocycles. The molecule has 3 unspecified atom stereocenters. The van der Waals surface area contributed by atoms with E-state index in [0.29, 0.717) is 24.5 Å². The molecule has 8 heteroatoms. The van der Waals surface area contributed by atoms with E-state index >= 15 is 0 Å². The predicted octanol–water partition coefficient (Wildman–Crippen LogP) is 2.16. The third-order valence-electron chi connectivity index (χ3n) is 5.67. The van der Waals surface area contributed by atoms with Gasteiger partial charge in [-0.05, 0) is 37.0 Å². The maximum atomic E-state index is 12.7. The van der Waals surface area contributed by atoms with E-state index in [4.69, 9.17) is 0 Å². The van der Waals surface area contributed by atoms with Gasteiger partial charge >= 0.3 is 6.03 Å². The van der Waals surface area contributed by atoms with Crippen LogP contribution in [-0.4, -0.2) is 51.4 Å². The number of rotatable bonds is 4. The molecule has 2 aliphatic rings. The molecule has 0 spiro atoms. The van der Waals surface area contributed by atoms with Gasteiger partial charge in [0.2, 0.25) is 0 Å². The summed E-state index contributed by atoms with van der Waals surface area (Å²) < 4.78 is 1.81. The highest BCUT2D eigenvalue weighted by Crippen LogP contribution is 2.29. The van der Waals surface area contributed by atoms with Crippen LogP contribution in [0.5, 0.6) is 0 Å². The molecule has 2 aromatic rings. The van der Waals surface area contributed by atoms with Gasteiger partial charge in [0.05, 0.1) is 5.69 Å². The Balaban J connectivity index is 1.36. The number of aromatic nitrogens is 3. The molecule has 0 radical (unpaired) electrons. The third kappa shape index (κ3) is 4.12. The molecule has 27 heavy (non-hydrogen) atoms. The SMILES string of the molecule is CN(CC1NNC2CCCCCC21)C(=O)Nc1cccc(-n2cnnc2)c1. The van der Waals surface area contributed by atoms with Crippen molar-refractivity contribution in [1.82, 2.24) is 30.5 Å². The normalized spacial score (nSPS) is 24.9. The fourth-order valence-corrected chi connectivity index (χ4v) is 4.17. The van der Waals surface area contributed by atoms with Crippen molar-refractivity contribution in [3.8, 4) is 5.69 Å². The largest absolute Gasteiger partial charge is 0.326 e. The smallest absolute Gasteiger partial charge is 0.321 e. The average molecular weight is 369 g/mol. The van der Waals surface area contributed by atoms with Gasteiger partial charge in [0.25, 0.3) is 0 Å². The Bertz CT molecular complexity index is 763. The second-order valence-corrected chi connectivity index (χ2v) is 7.53. The lowest BCUT2D eigenvalue weighted by atomic mass is 9.90. The summed E-state index contributed by atoms with van der Waals surface area (Å²) in [6, 6.07) is 8.38. The van der Waals surface area contributed by atoms with Crippen LogP contribution >= 0.6 is 0 Å². The average Bonchev–Trinajstić information content (AvgIpc) is 3.27. The van der Waals surface area contributed by atoms with Gasteiger partial charge in [0.1, 0.15) is 12.7 Å². The van der Waals surface area contributed by atoms with Gasteiger partial charge in [-0.2, -0.15) is 0 Å². The van der Waals surface area contributed by atoms with Crippen molar-refractivity contribution < 1.29 is 4.79 Å². The molecule has 2 amide bonds. The molecule has 0 bridgehead atoms. The molecule has 8 nitrogen and oxygen atoms in total. The quantitative estimate of drug-likeness (QED) is 0.769. The molecule has 2 heterocycles. The molecule has 4 rings (SSSR count). The molecular weight excluding hydrogens is 342 g/mol. The van der Waals surface area contributed by atoms with Gasteiger partial charge in [-0.1, -0.05) is 25.3 Å². The highest BCUT2D eigenvalue weighted by molar-refractivity contribution is 5.89. The Morgan fingerprint density at radius 1 is 1.22 bits per heavy atom.